The molecule has 0 atom stereocenters. The van der Waals surface area contributed by atoms with E-state index in [-0.39, 0.29) is 6.42 Å². The number of rotatable bonds is 4. The Morgan fingerprint density at radius 2 is 2.24 bits per heavy atom. The molecule has 4 nitrogen and oxygen atoms in total. The van der Waals surface area contributed by atoms with E-state index in [2.05, 4.69) is 4.98 Å². The van der Waals surface area contributed by atoms with Crippen LogP contribution in [0.4, 0.5) is 0 Å². The summed E-state index contributed by atoms with van der Waals surface area (Å²) in [4.78, 5) is 14.9. The first-order valence-corrected chi connectivity index (χ1v) is 5.35. The minimum absolute atomic E-state index is 0.0877. The molecule has 0 bridgehead atoms. The molecule has 1 N–H and O–H groups in total. The molecular formula is C13H13NO3. The second-order valence-electron chi connectivity index (χ2n) is 3.71. The number of aliphatic carboxylic acids is 1. The van der Waals surface area contributed by atoms with Gasteiger partial charge in [-0.15, -0.1) is 0 Å². The Morgan fingerprint density at radius 1 is 1.41 bits per heavy atom. The highest BCUT2D eigenvalue weighted by atomic mass is 16.5. The largest absolute Gasteiger partial charge is 0.496 e. The summed E-state index contributed by atoms with van der Waals surface area (Å²) in [5.41, 5.74) is 1.76. The van der Waals surface area contributed by atoms with Gasteiger partial charge in [-0.2, -0.15) is 0 Å². The lowest BCUT2D eigenvalue weighted by Crippen LogP contribution is -2.00. The van der Waals surface area contributed by atoms with Gasteiger partial charge in [0.1, 0.15) is 5.75 Å². The van der Waals surface area contributed by atoms with Crippen molar-refractivity contribution in [2.24, 2.45) is 0 Å². The van der Waals surface area contributed by atoms with Crippen molar-refractivity contribution in [3.05, 3.63) is 36.0 Å². The molecule has 1 aromatic carbocycles. The van der Waals surface area contributed by atoms with Crippen molar-refractivity contribution in [1.82, 2.24) is 4.98 Å². The number of aryl methyl sites for hydroxylation is 1. The number of pyridine rings is 1. The Labute approximate surface area is 98.9 Å². The molecule has 88 valence electrons. The summed E-state index contributed by atoms with van der Waals surface area (Å²) in [7, 11) is 1.59. The topological polar surface area (TPSA) is 59.4 Å². The van der Waals surface area contributed by atoms with Crippen molar-refractivity contribution < 1.29 is 14.6 Å². The van der Waals surface area contributed by atoms with Gasteiger partial charge in [-0.05, 0) is 24.6 Å². The quantitative estimate of drug-likeness (QED) is 0.876. The predicted octanol–water partition coefficient (Wildman–Crippen LogP) is 2.26. The van der Waals surface area contributed by atoms with Gasteiger partial charge < -0.3 is 9.84 Å². The summed E-state index contributed by atoms with van der Waals surface area (Å²) in [5.74, 6) is -0.0975. The molecule has 0 spiro atoms. The average molecular weight is 231 g/mol. The first-order chi connectivity index (χ1) is 8.22. The van der Waals surface area contributed by atoms with Crippen LogP contribution >= 0.6 is 0 Å². The van der Waals surface area contributed by atoms with Crippen molar-refractivity contribution in [2.75, 3.05) is 7.11 Å². The molecule has 0 aliphatic carbocycles. The molecule has 2 aromatic rings. The van der Waals surface area contributed by atoms with Crippen LogP contribution < -0.4 is 4.74 Å². The molecule has 0 aliphatic heterocycles. The van der Waals surface area contributed by atoms with E-state index in [4.69, 9.17) is 9.84 Å². The van der Waals surface area contributed by atoms with Crippen LogP contribution in [-0.4, -0.2) is 23.2 Å². The Bertz CT molecular complexity index is 551. The van der Waals surface area contributed by atoms with Crippen molar-refractivity contribution in [3.63, 3.8) is 0 Å². The van der Waals surface area contributed by atoms with E-state index in [9.17, 15) is 4.79 Å². The van der Waals surface area contributed by atoms with Crippen LogP contribution in [0.5, 0.6) is 5.75 Å². The molecule has 0 amide bonds. The zero-order valence-electron chi connectivity index (χ0n) is 9.51. The van der Waals surface area contributed by atoms with Gasteiger partial charge in [-0.3, -0.25) is 9.78 Å². The first-order valence-electron chi connectivity index (χ1n) is 5.35. The van der Waals surface area contributed by atoms with Crippen LogP contribution in [-0.2, 0) is 11.2 Å². The fourth-order valence-electron chi connectivity index (χ4n) is 1.87. The molecule has 17 heavy (non-hydrogen) atoms. The monoisotopic (exact) mass is 231 g/mol. The number of carboxylic acid groups (broad SMARTS) is 1. The first kappa shape index (κ1) is 11.4. The molecule has 4 heteroatoms. The summed E-state index contributed by atoms with van der Waals surface area (Å²) in [6.45, 7) is 0. The van der Waals surface area contributed by atoms with Crippen LogP contribution in [0.2, 0.25) is 0 Å². The third-order valence-electron chi connectivity index (χ3n) is 2.66. The summed E-state index contributed by atoms with van der Waals surface area (Å²) in [6, 6.07) is 7.47. The number of methoxy groups -OCH3 is 1. The van der Waals surface area contributed by atoms with Crippen molar-refractivity contribution in [1.29, 1.82) is 0 Å². The summed E-state index contributed by atoms with van der Waals surface area (Å²) in [5, 5.41) is 9.71. The summed E-state index contributed by atoms with van der Waals surface area (Å²) >= 11 is 0. The second kappa shape index (κ2) is 4.82. The van der Waals surface area contributed by atoms with E-state index in [1.807, 2.05) is 24.3 Å². The van der Waals surface area contributed by atoms with Crippen LogP contribution in [0.15, 0.2) is 30.5 Å². The number of fused-ring (bicyclic) bond motifs is 1. The predicted molar refractivity (Wildman–Crippen MR) is 64.3 cm³/mol. The van der Waals surface area contributed by atoms with Gasteiger partial charge in [0.25, 0.3) is 0 Å². The van der Waals surface area contributed by atoms with Gasteiger partial charge in [-0.25, -0.2) is 0 Å². The van der Waals surface area contributed by atoms with Crippen molar-refractivity contribution in [2.45, 2.75) is 12.8 Å². The maximum Gasteiger partial charge on any atom is 0.303 e. The zero-order valence-corrected chi connectivity index (χ0v) is 9.51. The normalized spacial score (nSPS) is 10.4. The van der Waals surface area contributed by atoms with E-state index in [1.54, 1.807) is 13.3 Å². The molecular weight excluding hydrogens is 218 g/mol. The highest BCUT2D eigenvalue weighted by Crippen LogP contribution is 2.27. The molecule has 0 saturated carbocycles. The van der Waals surface area contributed by atoms with Gasteiger partial charge in [0.05, 0.1) is 12.6 Å². The number of hydrogen-bond donors (Lipinski definition) is 1. The molecule has 0 radical (unpaired) electrons. The summed E-state index contributed by atoms with van der Waals surface area (Å²) < 4.78 is 5.27. The van der Waals surface area contributed by atoms with E-state index in [0.717, 1.165) is 16.5 Å². The number of aromatic nitrogens is 1. The minimum atomic E-state index is -0.812. The van der Waals surface area contributed by atoms with Crippen LogP contribution in [0.1, 0.15) is 12.0 Å². The fraction of sp³-hybridized carbons (Fsp3) is 0.231. The standard InChI is InChI=1S/C13H13NO3/c1-17-12-6-5-11-9(3-2-8-14-11)10(12)4-7-13(15)16/h2-3,5-6,8H,4,7H2,1H3,(H,15,16). The molecule has 0 saturated heterocycles. The van der Waals surface area contributed by atoms with Crippen molar-refractivity contribution in [3.8, 4) is 5.75 Å². The number of carboxylic acids is 1. The zero-order chi connectivity index (χ0) is 12.3. The highest BCUT2D eigenvalue weighted by molar-refractivity contribution is 5.85. The SMILES string of the molecule is COc1ccc2ncccc2c1CCC(=O)O. The Hall–Kier alpha value is -2.10. The van der Waals surface area contributed by atoms with Crippen LogP contribution in [0.25, 0.3) is 10.9 Å². The minimum Gasteiger partial charge on any atom is -0.496 e. The number of hydrogen-bond acceptors (Lipinski definition) is 3. The smallest absolute Gasteiger partial charge is 0.303 e. The van der Waals surface area contributed by atoms with E-state index in [0.29, 0.717) is 12.2 Å². The molecule has 1 aromatic heterocycles. The van der Waals surface area contributed by atoms with E-state index in [1.165, 1.54) is 0 Å². The number of carbonyl (C=O) groups is 1. The van der Waals surface area contributed by atoms with Crippen molar-refractivity contribution >= 4 is 16.9 Å². The van der Waals surface area contributed by atoms with Crippen LogP contribution in [0, 0.1) is 0 Å². The van der Waals surface area contributed by atoms with Gasteiger partial charge >= 0.3 is 5.97 Å². The number of nitrogens with zero attached hydrogens (tertiary/aromatic N) is 1. The Morgan fingerprint density at radius 3 is 2.94 bits per heavy atom. The van der Waals surface area contributed by atoms with Gasteiger partial charge in [0.2, 0.25) is 0 Å². The maximum atomic E-state index is 10.7. The molecule has 0 fully saturated rings. The second-order valence-corrected chi connectivity index (χ2v) is 3.71. The molecule has 0 aliphatic rings. The van der Waals surface area contributed by atoms with Gasteiger partial charge in [0, 0.05) is 23.6 Å². The molecule has 0 unspecified atom stereocenters. The highest BCUT2D eigenvalue weighted by Gasteiger charge is 2.10. The number of ether oxygens (including phenoxy) is 1. The Kier molecular flexibility index (Phi) is 3.23. The number of benzene rings is 1. The van der Waals surface area contributed by atoms with Crippen LogP contribution in [0.3, 0.4) is 0 Å². The lowest BCUT2D eigenvalue weighted by molar-refractivity contribution is -0.136. The molecule has 1 heterocycles. The maximum absolute atomic E-state index is 10.7. The fourth-order valence-corrected chi connectivity index (χ4v) is 1.87. The molecule has 2 rings (SSSR count). The van der Waals surface area contributed by atoms with E-state index >= 15 is 0 Å². The lowest BCUT2D eigenvalue weighted by Gasteiger charge is -2.10. The van der Waals surface area contributed by atoms with Gasteiger partial charge in [-0.1, -0.05) is 6.07 Å². The third-order valence-corrected chi connectivity index (χ3v) is 2.66. The summed E-state index contributed by atoms with van der Waals surface area (Å²) in [6.07, 6.45) is 2.25. The average Bonchev–Trinajstić information content (AvgIpc) is 2.35. The lowest BCUT2D eigenvalue weighted by atomic mass is 10.0. The Balaban J connectivity index is 2.50. The van der Waals surface area contributed by atoms with Gasteiger partial charge in [0.15, 0.2) is 0 Å². The third kappa shape index (κ3) is 2.36. The van der Waals surface area contributed by atoms with E-state index < -0.39 is 5.97 Å².